The first kappa shape index (κ1) is 22.7. The molecule has 0 unspecified atom stereocenters. The van der Waals surface area contributed by atoms with E-state index in [1.54, 1.807) is 48.5 Å². The smallest absolute Gasteiger partial charge is 0.416 e. The van der Waals surface area contributed by atoms with Gasteiger partial charge in [0, 0.05) is 24.0 Å². The van der Waals surface area contributed by atoms with Crippen LogP contribution in [0.5, 0.6) is 11.5 Å². The number of methoxy groups -OCH3 is 2. The highest BCUT2D eigenvalue weighted by molar-refractivity contribution is 7.98. The van der Waals surface area contributed by atoms with E-state index < -0.39 is 11.7 Å². The molecule has 0 saturated heterocycles. The third-order valence-corrected chi connectivity index (χ3v) is 5.97. The molecule has 1 heterocycles. The third-order valence-electron chi connectivity index (χ3n) is 4.96. The summed E-state index contributed by atoms with van der Waals surface area (Å²) in [5.74, 6) is 1.16. The maximum Gasteiger partial charge on any atom is 0.416 e. The Morgan fingerprint density at radius 2 is 1.64 bits per heavy atom. The zero-order chi connectivity index (χ0) is 23.6. The minimum Gasteiger partial charge on any atom is -0.497 e. The minimum absolute atomic E-state index is 0.190. The SMILES string of the molecule is COc1cc(OC)cc(-n2c(SCc3cccc(C(F)(F)F)c3)nc3ccccc3c2=O)c1. The lowest BCUT2D eigenvalue weighted by molar-refractivity contribution is -0.137. The standard InChI is InChI=1S/C24H19F3N2O3S/c1-31-18-11-17(12-19(13-18)32-2)29-22(30)20-8-3-4-9-21(20)28-23(29)33-14-15-6-5-7-16(10-15)24(25,26)27/h3-13H,14H2,1-2H3. The molecule has 0 aliphatic heterocycles. The summed E-state index contributed by atoms with van der Waals surface area (Å²) in [6.45, 7) is 0. The Balaban J connectivity index is 1.82. The van der Waals surface area contributed by atoms with Crippen LogP contribution in [-0.2, 0) is 11.9 Å². The molecule has 0 fully saturated rings. The summed E-state index contributed by atoms with van der Waals surface area (Å²) < 4.78 is 51.4. The van der Waals surface area contributed by atoms with Gasteiger partial charge in [-0.1, -0.05) is 42.1 Å². The van der Waals surface area contributed by atoms with Crippen LogP contribution in [0.4, 0.5) is 13.2 Å². The van der Waals surface area contributed by atoms with E-state index in [0.717, 1.165) is 12.1 Å². The number of alkyl halides is 3. The van der Waals surface area contributed by atoms with Crippen LogP contribution >= 0.6 is 11.8 Å². The van der Waals surface area contributed by atoms with Crippen molar-refractivity contribution in [3.63, 3.8) is 0 Å². The van der Waals surface area contributed by atoms with Crippen molar-refractivity contribution in [2.24, 2.45) is 0 Å². The van der Waals surface area contributed by atoms with Gasteiger partial charge in [0.25, 0.3) is 5.56 Å². The Labute approximate surface area is 191 Å². The highest BCUT2D eigenvalue weighted by Gasteiger charge is 2.30. The molecular weight excluding hydrogens is 453 g/mol. The summed E-state index contributed by atoms with van der Waals surface area (Å²) in [6, 6.07) is 17.1. The van der Waals surface area contributed by atoms with E-state index in [0.29, 0.717) is 38.8 Å². The largest absolute Gasteiger partial charge is 0.497 e. The van der Waals surface area contributed by atoms with Crippen LogP contribution < -0.4 is 15.0 Å². The molecular formula is C24H19F3N2O3S. The average molecular weight is 472 g/mol. The molecule has 0 bridgehead atoms. The van der Waals surface area contributed by atoms with Crippen molar-refractivity contribution in [2.75, 3.05) is 14.2 Å². The number of hydrogen-bond donors (Lipinski definition) is 0. The Morgan fingerprint density at radius 3 is 2.30 bits per heavy atom. The second kappa shape index (κ2) is 9.19. The molecule has 4 rings (SSSR count). The lowest BCUT2D eigenvalue weighted by Crippen LogP contribution is -2.22. The molecule has 0 aliphatic carbocycles. The molecule has 0 aliphatic rings. The summed E-state index contributed by atoms with van der Waals surface area (Å²) in [6.07, 6.45) is -4.43. The number of fused-ring (bicyclic) bond motifs is 1. The van der Waals surface area contributed by atoms with Gasteiger partial charge in [-0.25, -0.2) is 4.98 Å². The van der Waals surface area contributed by atoms with Crippen molar-refractivity contribution < 1.29 is 22.6 Å². The maximum absolute atomic E-state index is 13.4. The summed E-state index contributed by atoms with van der Waals surface area (Å²) in [5.41, 5.74) is 0.414. The summed E-state index contributed by atoms with van der Waals surface area (Å²) >= 11 is 1.17. The van der Waals surface area contributed by atoms with Gasteiger partial charge < -0.3 is 9.47 Å². The zero-order valence-corrected chi connectivity index (χ0v) is 18.5. The zero-order valence-electron chi connectivity index (χ0n) is 17.7. The lowest BCUT2D eigenvalue weighted by atomic mass is 10.1. The van der Waals surface area contributed by atoms with E-state index in [4.69, 9.17) is 9.47 Å². The van der Waals surface area contributed by atoms with Gasteiger partial charge in [-0.3, -0.25) is 9.36 Å². The fraction of sp³-hybridized carbons (Fsp3) is 0.167. The van der Waals surface area contributed by atoms with Crippen LogP contribution in [0.3, 0.4) is 0 Å². The monoisotopic (exact) mass is 472 g/mol. The van der Waals surface area contributed by atoms with Crippen LogP contribution in [0.1, 0.15) is 11.1 Å². The Kier molecular flexibility index (Phi) is 6.33. The van der Waals surface area contributed by atoms with Gasteiger partial charge in [-0.2, -0.15) is 13.2 Å². The topological polar surface area (TPSA) is 53.4 Å². The molecule has 33 heavy (non-hydrogen) atoms. The van der Waals surface area contributed by atoms with Gasteiger partial charge in [-0.05, 0) is 23.8 Å². The summed E-state index contributed by atoms with van der Waals surface area (Å²) in [5, 5.41) is 0.758. The molecule has 0 atom stereocenters. The number of rotatable bonds is 6. The normalized spacial score (nSPS) is 11.5. The molecule has 0 N–H and O–H groups in total. The molecule has 0 spiro atoms. The summed E-state index contributed by atoms with van der Waals surface area (Å²) in [4.78, 5) is 18.1. The highest BCUT2D eigenvalue weighted by Crippen LogP contribution is 2.32. The predicted octanol–water partition coefficient (Wildman–Crippen LogP) is 5.71. The third kappa shape index (κ3) is 4.83. The van der Waals surface area contributed by atoms with E-state index in [1.165, 1.54) is 36.6 Å². The molecule has 170 valence electrons. The molecule has 9 heteroatoms. The van der Waals surface area contributed by atoms with E-state index in [1.807, 2.05) is 0 Å². The van der Waals surface area contributed by atoms with Crippen LogP contribution in [0.25, 0.3) is 16.6 Å². The molecule has 1 aromatic heterocycles. The van der Waals surface area contributed by atoms with E-state index in [2.05, 4.69) is 4.98 Å². The number of thioether (sulfide) groups is 1. The average Bonchev–Trinajstić information content (AvgIpc) is 2.82. The van der Waals surface area contributed by atoms with E-state index >= 15 is 0 Å². The second-order valence-corrected chi connectivity index (χ2v) is 8.05. The second-order valence-electron chi connectivity index (χ2n) is 7.11. The Bertz CT molecular complexity index is 1350. The first-order chi connectivity index (χ1) is 15.8. The molecule has 3 aromatic carbocycles. The highest BCUT2D eigenvalue weighted by atomic mass is 32.2. The molecule has 0 radical (unpaired) electrons. The molecule has 0 amide bonds. The number of nitrogens with zero attached hydrogens (tertiary/aromatic N) is 2. The fourth-order valence-electron chi connectivity index (χ4n) is 3.34. The number of para-hydroxylation sites is 1. The minimum atomic E-state index is -4.43. The van der Waals surface area contributed by atoms with Crippen molar-refractivity contribution in [2.45, 2.75) is 17.1 Å². The maximum atomic E-state index is 13.4. The molecule has 0 saturated carbocycles. The van der Waals surface area contributed by atoms with Crippen molar-refractivity contribution in [3.8, 4) is 17.2 Å². The number of hydrogen-bond acceptors (Lipinski definition) is 5. The van der Waals surface area contributed by atoms with Crippen LogP contribution in [-0.4, -0.2) is 23.8 Å². The van der Waals surface area contributed by atoms with Crippen LogP contribution in [0.2, 0.25) is 0 Å². The first-order valence-corrected chi connectivity index (χ1v) is 10.8. The Hall–Kier alpha value is -3.46. The molecule has 4 aromatic rings. The van der Waals surface area contributed by atoms with Crippen LogP contribution in [0.15, 0.2) is 76.7 Å². The van der Waals surface area contributed by atoms with Crippen LogP contribution in [0, 0.1) is 0 Å². The number of aromatic nitrogens is 2. The Morgan fingerprint density at radius 1 is 0.939 bits per heavy atom. The van der Waals surface area contributed by atoms with Gasteiger partial charge in [0.05, 0.1) is 36.4 Å². The van der Waals surface area contributed by atoms with Gasteiger partial charge >= 0.3 is 6.18 Å². The van der Waals surface area contributed by atoms with Crippen molar-refractivity contribution >= 4 is 22.7 Å². The predicted molar refractivity (Wildman–Crippen MR) is 121 cm³/mol. The quantitative estimate of drug-likeness (QED) is 0.266. The number of ether oxygens (including phenoxy) is 2. The summed E-state index contributed by atoms with van der Waals surface area (Å²) in [7, 11) is 3.01. The van der Waals surface area contributed by atoms with E-state index in [-0.39, 0.29) is 11.3 Å². The first-order valence-electron chi connectivity index (χ1n) is 9.84. The van der Waals surface area contributed by atoms with Gasteiger partial charge in [-0.15, -0.1) is 0 Å². The van der Waals surface area contributed by atoms with Crippen molar-refractivity contribution in [1.29, 1.82) is 0 Å². The fourth-order valence-corrected chi connectivity index (χ4v) is 4.30. The van der Waals surface area contributed by atoms with Crippen molar-refractivity contribution in [1.82, 2.24) is 9.55 Å². The lowest BCUT2D eigenvalue weighted by Gasteiger charge is -2.15. The number of benzene rings is 3. The number of halogens is 3. The molecule has 5 nitrogen and oxygen atoms in total. The van der Waals surface area contributed by atoms with Gasteiger partial charge in [0.1, 0.15) is 11.5 Å². The van der Waals surface area contributed by atoms with Gasteiger partial charge in [0.15, 0.2) is 5.16 Å². The van der Waals surface area contributed by atoms with Gasteiger partial charge in [0.2, 0.25) is 0 Å². The van der Waals surface area contributed by atoms with Crippen molar-refractivity contribution in [3.05, 3.63) is 88.2 Å². The van der Waals surface area contributed by atoms with E-state index in [9.17, 15) is 18.0 Å².